The molecular formula is C18H20N2O7. The minimum Gasteiger partial charge on any atom is -0.469 e. The summed E-state index contributed by atoms with van der Waals surface area (Å²) in [6, 6.07) is 5.74. The molecule has 2 rings (SSSR count). The Hall–Kier alpha value is -3.23. The first kappa shape index (κ1) is 20.1. The van der Waals surface area contributed by atoms with Gasteiger partial charge >= 0.3 is 11.9 Å². The number of benzene rings is 1. The molecule has 1 aromatic rings. The van der Waals surface area contributed by atoms with E-state index in [4.69, 9.17) is 4.74 Å². The highest BCUT2D eigenvalue weighted by Crippen LogP contribution is 2.27. The van der Waals surface area contributed by atoms with Gasteiger partial charge in [0, 0.05) is 13.8 Å². The lowest BCUT2D eigenvalue weighted by Crippen LogP contribution is -2.66. The van der Waals surface area contributed by atoms with Gasteiger partial charge in [0.2, 0.25) is 11.8 Å². The Labute approximate surface area is 155 Å². The lowest BCUT2D eigenvalue weighted by molar-refractivity contribution is -0.165. The summed E-state index contributed by atoms with van der Waals surface area (Å²) in [5.41, 5.74) is 0.473. The van der Waals surface area contributed by atoms with E-state index >= 15 is 0 Å². The number of nitrogens with one attached hydrogen (secondary N) is 1. The molecule has 1 aliphatic heterocycles. The second kappa shape index (κ2) is 8.43. The van der Waals surface area contributed by atoms with E-state index in [1.165, 1.54) is 6.92 Å². The van der Waals surface area contributed by atoms with Crippen molar-refractivity contribution in [3.05, 3.63) is 35.9 Å². The zero-order chi connectivity index (χ0) is 20.1. The van der Waals surface area contributed by atoms with Gasteiger partial charge in [-0.15, -0.1) is 0 Å². The number of esters is 2. The van der Waals surface area contributed by atoms with Crippen LogP contribution in [0.2, 0.25) is 0 Å². The average Bonchev–Trinajstić information content (AvgIpc) is 2.62. The molecule has 0 saturated carbocycles. The molecule has 3 atom stereocenters. The lowest BCUT2D eigenvalue weighted by Gasteiger charge is -2.39. The number of imide groups is 1. The Morgan fingerprint density at radius 1 is 1.15 bits per heavy atom. The summed E-state index contributed by atoms with van der Waals surface area (Å²) in [7, 11) is 1.14. The zero-order valence-electron chi connectivity index (χ0n) is 15.1. The first-order valence-electron chi connectivity index (χ1n) is 8.19. The molecule has 9 nitrogen and oxygen atoms in total. The van der Waals surface area contributed by atoms with Crippen LogP contribution >= 0.6 is 0 Å². The highest BCUT2D eigenvalue weighted by Gasteiger charge is 2.47. The van der Waals surface area contributed by atoms with Crippen molar-refractivity contribution in [1.82, 2.24) is 10.2 Å². The van der Waals surface area contributed by atoms with Crippen LogP contribution in [0.5, 0.6) is 0 Å². The molecule has 1 fully saturated rings. The topological polar surface area (TPSA) is 119 Å². The maximum Gasteiger partial charge on any atom is 0.308 e. The van der Waals surface area contributed by atoms with E-state index in [9.17, 15) is 24.0 Å². The standard InChI is InChI=1S/C18H20N2O7/c1-10(21)20-13(9-14(23)26-3)17(24)19-15(18(20)25)16(27-11(2)22)12-7-5-4-6-8-12/h4-8,13,15-16H,9H2,1-3H3,(H,19,24)/t13-,15?,16?/m0/s1. The SMILES string of the molecule is COC(=O)C[C@H]1C(=O)NC(C(OC(C)=O)c2ccccc2)C(=O)N1C(C)=O. The average molecular weight is 376 g/mol. The van der Waals surface area contributed by atoms with Gasteiger partial charge in [0.25, 0.3) is 5.91 Å². The number of hydrogen-bond donors (Lipinski definition) is 1. The quantitative estimate of drug-likeness (QED) is 0.724. The third-order valence-corrected chi connectivity index (χ3v) is 4.07. The van der Waals surface area contributed by atoms with Crippen molar-refractivity contribution in [2.45, 2.75) is 38.5 Å². The van der Waals surface area contributed by atoms with Crippen LogP contribution in [0.4, 0.5) is 0 Å². The molecule has 0 aliphatic carbocycles. The number of rotatable bonds is 5. The Morgan fingerprint density at radius 2 is 1.78 bits per heavy atom. The van der Waals surface area contributed by atoms with Crippen molar-refractivity contribution in [3.8, 4) is 0 Å². The van der Waals surface area contributed by atoms with Gasteiger partial charge in [0.1, 0.15) is 6.04 Å². The van der Waals surface area contributed by atoms with Crippen molar-refractivity contribution in [1.29, 1.82) is 0 Å². The van der Waals surface area contributed by atoms with Gasteiger partial charge in [-0.25, -0.2) is 0 Å². The van der Waals surface area contributed by atoms with Crippen LogP contribution in [-0.2, 0) is 33.4 Å². The molecule has 1 heterocycles. The molecule has 0 spiro atoms. The number of carbonyl (C=O) groups excluding carboxylic acids is 5. The summed E-state index contributed by atoms with van der Waals surface area (Å²) < 4.78 is 9.78. The van der Waals surface area contributed by atoms with Gasteiger partial charge in [-0.05, 0) is 5.56 Å². The third kappa shape index (κ3) is 4.49. The van der Waals surface area contributed by atoms with Gasteiger partial charge < -0.3 is 14.8 Å². The predicted molar refractivity (Wildman–Crippen MR) is 90.8 cm³/mol. The van der Waals surface area contributed by atoms with Crippen LogP contribution in [0.1, 0.15) is 31.9 Å². The van der Waals surface area contributed by atoms with Crippen LogP contribution in [0.15, 0.2) is 30.3 Å². The Morgan fingerprint density at radius 3 is 2.30 bits per heavy atom. The summed E-state index contributed by atoms with van der Waals surface area (Å²) >= 11 is 0. The van der Waals surface area contributed by atoms with Crippen molar-refractivity contribution < 1.29 is 33.4 Å². The number of methoxy groups -OCH3 is 1. The second-order valence-corrected chi connectivity index (χ2v) is 5.95. The minimum absolute atomic E-state index is 0.468. The van der Waals surface area contributed by atoms with E-state index in [1.807, 2.05) is 0 Å². The molecule has 27 heavy (non-hydrogen) atoms. The summed E-state index contributed by atoms with van der Waals surface area (Å²) in [5.74, 6) is -3.59. The number of ether oxygens (including phenoxy) is 2. The fourth-order valence-electron chi connectivity index (χ4n) is 2.89. The van der Waals surface area contributed by atoms with Gasteiger partial charge in [0.05, 0.1) is 13.5 Å². The van der Waals surface area contributed by atoms with Gasteiger partial charge in [-0.3, -0.25) is 28.9 Å². The predicted octanol–water partition coefficient (Wildman–Crippen LogP) is 0.0960. The lowest BCUT2D eigenvalue weighted by atomic mass is 9.96. The molecule has 0 radical (unpaired) electrons. The maximum absolute atomic E-state index is 12.9. The molecule has 1 aliphatic rings. The molecule has 2 unspecified atom stereocenters. The fraction of sp³-hybridized carbons (Fsp3) is 0.389. The van der Waals surface area contributed by atoms with Crippen molar-refractivity contribution in [2.75, 3.05) is 7.11 Å². The van der Waals surface area contributed by atoms with Crippen LogP contribution in [0.3, 0.4) is 0 Å². The van der Waals surface area contributed by atoms with Crippen molar-refractivity contribution >= 4 is 29.7 Å². The highest BCUT2D eigenvalue weighted by atomic mass is 16.5. The second-order valence-electron chi connectivity index (χ2n) is 5.95. The summed E-state index contributed by atoms with van der Waals surface area (Å²) in [6.07, 6.45) is -1.59. The zero-order valence-corrected chi connectivity index (χ0v) is 15.1. The Bertz CT molecular complexity index is 762. The molecule has 0 aromatic heterocycles. The highest BCUT2D eigenvalue weighted by molar-refractivity contribution is 6.07. The Kier molecular flexibility index (Phi) is 6.27. The maximum atomic E-state index is 12.9. The minimum atomic E-state index is -1.33. The first-order chi connectivity index (χ1) is 12.8. The van der Waals surface area contributed by atoms with Gasteiger partial charge in [-0.2, -0.15) is 0 Å². The van der Waals surface area contributed by atoms with Crippen molar-refractivity contribution in [3.63, 3.8) is 0 Å². The molecule has 1 N–H and O–H groups in total. The fourth-order valence-corrected chi connectivity index (χ4v) is 2.89. The summed E-state index contributed by atoms with van der Waals surface area (Å²) in [4.78, 5) is 61.3. The first-order valence-corrected chi connectivity index (χ1v) is 8.19. The molecule has 144 valence electrons. The van der Waals surface area contributed by atoms with E-state index in [2.05, 4.69) is 10.1 Å². The van der Waals surface area contributed by atoms with E-state index in [0.717, 1.165) is 14.0 Å². The Balaban J connectivity index is 2.40. The summed E-state index contributed by atoms with van der Waals surface area (Å²) in [5, 5.41) is 2.47. The van der Waals surface area contributed by atoms with E-state index in [-0.39, 0.29) is 0 Å². The molecule has 3 amide bonds. The van der Waals surface area contributed by atoms with Crippen LogP contribution in [0.25, 0.3) is 0 Å². The number of amides is 3. The van der Waals surface area contributed by atoms with Crippen LogP contribution < -0.4 is 5.32 Å². The van der Waals surface area contributed by atoms with Crippen LogP contribution in [0, 0.1) is 0 Å². The molecule has 9 heteroatoms. The van der Waals surface area contributed by atoms with Crippen molar-refractivity contribution in [2.24, 2.45) is 0 Å². The number of piperazine rings is 1. The van der Waals surface area contributed by atoms with E-state index < -0.39 is 54.3 Å². The normalized spacial score (nSPS) is 20.5. The molecule has 1 saturated heterocycles. The number of nitrogens with zero attached hydrogens (tertiary/aromatic N) is 1. The smallest absolute Gasteiger partial charge is 0.308 e. The van der Waals surface area contributed by atoms with E-state index in [1.54, 1.807) is 30.3 Å². The number of carbonyl (C=O) groups is 5. The van der Waals surface area contributed by atoms with Gasteiger partial charge in [-0.1, -0.05) is 30.3 Å². The monoisotopic (exact) mass is 376 g/mol. The van der Waals surface area contributed by atoms with Crippen LogP contribution in [-0.4, -0.2) is 53.8 Å². The summed E-state index contributed by atoms with van der Waals surface area (Å²) in [6.45, 7) is 2.29. The largest absolute Gasteiger partial charge is 0.469 e. The van der Waals surface area contributed by atoms with Gasteiger partial charge in [0.15, 0.2) is 12.1 Å². The molecular weight excluding hydrogens is 356 g/mol. The molecule has 0 bridgehead atoms. The molecule has 1 aromatic carbocycles. The third-order valence-electron chi connectivity index (χ3n) is 4.07. The number of hydrogen-bond acceptors (Lipinski definition) is 7. The van der Waals surface area contributed by atoms with E-state index in [0.29, 0.717) is 10.5 Å².